The third-order valence-corrected chi connectivity index (χ3v) is 7.52. The van der Waals surface area contributed by atoms with E-state index in [1.165, 1.54) is 18.2 Å². The van der Waals surface area contributed by atoms with Crippen LogP contribution in [0, 0.1) is 22.9 Å². The number of non-ortho nitro benzene ring substituents is 1. The molecule has 0 N–H and O–H groups in total. The second kappa shape index (κ2) is 11.4. The van der Waals surface area contributed by atoms with Crippen molar-refractivity contribution in [1.29, 1.82) is 0 Å². The average Bonchev–Trinajstić information content (AvgIpc) is 3.33. The van der Waals surface area contributed by atoms with Crippen molar-refractivity contribution in [3.63, 3.8) is 0 Å². The minimum Gasteiger partial charge on any atom is -0.497 e. The summed E-state index contributed by atoms with van der Waals surface area (Å²) in [7, 11) is 1.58. The van der Waals surface area contributed by atoms with Crippen molar-refractivity contribution in [2.75, 3.05) is 33.3 Å². The van der Waals surface area contributed by atoms with Gasteiger partial charge in [-0.05, 0) is 61.0 Å². The minimum atomic E-state index is -0.577. The monoisotopic (exact) mass is 576 g/mol. The molecule has 0 atom stereocenters. The van der Waals surface area contributed by atoms with Crippen LogP contribution in [0.5, 0.6) is 5.75 Å². The Bertz CT molecular complexity index is 1650. The Balaban J connectivity index is 1.40. The number of rotatable bonds is 6. The van der Waals surface area contributed by atoms with Gasteiger partial charge in [0.2, 0.25) is 0 Å². The topological polar surface area (TPSA) is 97.9 Å². The van der Waals surface area contributed by atoms with E-state index >= 15 is 0 Å². The number of hydrogen-bond donors (Lipinski definition) is 0. The maximum atomic E-state index is 15.0. The summed E-state index contributed by atoms with van der Waals surface area (Å²) < 4.78 is 22.0. The molecule has 3 aromatic carbocycles. The number of nitro benzene ring substituents is 1. The van der Waals surface area contributed by atoms with Crippen molar-refractivity contribution in [3.8, 4) is 22.7 Å². The van der Waals surface area contributed by atoms with E-state index in [4.69, 9.17) is 16.3 Å². The number of nitro groups is 1. The fourth-order valence-corrected chi connectivity index (χ4v) is 5.24. The molecule has 0 spiro atoms. The number of carbonyl (C=O) groups is 2. The molecule has 1 fully saturated rings. The van der Waals surface area contributed by atoms with E-state index in [-0.39, 0.29) is 54.3 Å². The normalized spacial score (nSPS) is 13.3. The molecule has 5 rings (SSSR count). The Kier molecular flexibility index (Phi) is 7.76. The molecule has 1 aromatic heterocycles. The van der Waals surface area contributed by atoms with Gasteiger partial charge in [0.1, 0.15) is 11.6 Å². The van der Waals surface area contributed by atoms with Crippen LogP contribution in [0.25, 0.3) is 16.9 Å². The van der Waals surface area contributed by atoms with Crippen LogP contribution in [0.15, 0.2) is 72.8 Å². The van der Waals surface area contributed by atoms with Crippen LogP contribution < -0.4 is 4.74 Å². The summed E-state index contributed by atoms with van der Waals surface area (Å²) in [5.74, 6) is -0.335. The second-order valence-corrected chi connectivity index (χ2v) is 9.96. The lowest BCUT2D eigenvalue weighted by Gasteiger charge is -2.35. The zero-order valence-electron chi connectivity index (χ0n) is 22.3. The molecule has 210 valence electrons. The molecule has 0 radical (unpaired) electrons. The van der Waals surface area contributed by atoms with Crippen LogP contribution in [-0.4, -0.2) is 64.4 Å². The number of para-hydroxylation sites is 1. The first-order valence-electron chi connectivity index (χ1n) is 12.8. The predicted octanol–water partition coefficient (Wildman–Crippen LogP) is 5.76. The standard InChI is InChI=1S/C30H26ClFN4O5/c1-19-24(18-28(20-7-10-22(41-2)11-8-20)35(19)27-6-4-3-5-26(27)32)30(38)34-15-13-33(14-16-34)29(37)23-12-9-21(36(39)40)17-25(23)31/h3-12,17-18H,13-16H2,1-2H3. The Morgan fingerprint density at radius 3 is 2.07 bits per heavy atom. The molecule has 41 heavy (non-hydrogen) atoms. The third-order valence-electron chi connectivity index (χ3n) is 7.20. The molecule has 0 unspecified atom stereocenters. The molecular weight excluding hydrogens is 551 g/mol. The summed E-state index contributed by atoms with van der Waals surface area (Å²) in [5, 5.41) is 11.0. The van der Waals surface area contributed by atoms with Crippen LogP contribution in [-0.2, 0) is 0 Å². The molecule has 0 saturated carbocycles. The number of halogens is 2. The fourth-order valence-electron chi connectivity index (χ4n) is 4.99. The maximum Gasteiger partial charge on any atom is 0.270 e. The van der Waals surface area contributed by atoms with Gasteiger partial charge in [0, 0.05) is 44.0 Å². The first-order chi connectivity index (χ1) is 19.7. The van der Waals surface area contributed by atoms with Crippen molar-refractivity contribution in [2.45, 2.75) is 6.92 Å². The van der Waals surface area contributed by atoms with Gasteiger partial charge in [-0.3, -0.25) is 19.7 Å². The highest BCUT2D eigenvalue weighted by molar-refractivity contribution is 6.34. The van der Waals surface area contributed by atoms with Crippen molar-refractivity contribution in [1.82, 2.24) is 14.4 Å². The van der Waals surface area contributed by atoms with Gasteiger partial charge in [0.25, 0.3) is 17.5 Å². The maximum absolute atomic E-state index is 15.0. The molecule has 2 heterocycles. The first-order valence-corrected chi connectivity index (χ1v) is 13.2. The summed E-state index contributed by atoms with van der Waals surface area (Å²) in [6, 6.07) is 19.2. The SMILES string of the molecule is COc1ccc(-c2cc(C(=O)N3CCN(C(=O)c4ccc([N+](=O)[O-])cc4Cl)CC3)c(C)n2-c2ccccc2F)cc1. The van der Waals surface area contributed by atoms with Gasteiger partial charge in [-0.1, -0.05) is 23.7 Å². The molecular formula is C30H26ClFN4O5. The number of piperazine rings is 1. The van der Waals surface area contributed by atoms with E-state index in [1.807, 2.05) is 12.1 Å². The number of nitrogens with zero attached hydrogens (tertiary/aromatic N) is 4. The third kappa shape index (κ3) is 5.38. The summed E-state index contributed by atoms with van der Waals surface area (Å²) in [4.78, 5) is 40.4. The quantitative estimate of drug-likeness (QED) is 0.215. The van der Waals surface area contributed by atoms with Gasteiger partial charge in [0.05, 0.1) is 39.6 Å². The molecule has 1 aliphatic heterocycles. The lowest BCUT2D eigenvalue weighted by Crippen LogP contribution is -2.50. The smallest absolute Gasteiger partial charge is 0.270 e. The van der Waals surface area contributed by atoms with E-state index in [1.54, 1.807) is 64.8 Å². The van der Waals surface area contributed by atoms with Gasteiger partial charge in [0.15, 0.2) is 0 Å². The highest BCUT2D eigenvalue weighted by Crippen LogP contribution is 2.32. The fraction of sp³-hybridized carbons (Fsp3) is 0.200. The van der Waals surface area contributed by atoms with Crippen LogP contribution in [0.2, 0.25) is 5.02 Å². The molecule has 4 aromatic rings. The summed E-state index contributed by atoms with van der Waals surface area (Å²) >= 11 is 6.16. The highest BCUT2D eigenvalue weighted by Gasteiger charge is 2.30. The number of carbonyl (C=O) groups excluding carboxylic acids is 2. The number of hydrogen-bond acceptors (Lipinski definition) is 5. The number of ether oxygens (including phenoxy) is 1. The molecule has 11 heteroatoms. The molecule has 1 saturated heterocycles. The summed E-state index contributed by atoms with van der Waals surface area (Å²) in [6.07, 6.45) is 0. The Hall–Kier alpha value is -4.70. The van der Waals surface area contributed by atoms with Crippen molar-refractivity contribution in [2.24, 2.45) is 0 Å². The molecule has 9 nitrogen and oxygen atoms in total. The zero-order valence-corrected chi connectivity index (χ0v) is 23.1. The van der Waals surface area contributed by atoms with Crippen LogP contribution in [0.1, 0.15) is 26.4 Å². The Labute approximate surface area is 240 Å². The number of methoxy groups -OCH3 is 1. The van der Waals surface area contributed by atoms with Crippen LogP contribution in [0.3, 0.4) is 0 Å². The largest absolute Gasteiger partial charge is 0.497 e. The number of aromatic nitrogens is 1. The van der Waals surface area contributed by atoms with E-state index in [0.717, 1.165) is 11.6 Å². The van der Waals surface area contributed by atoms with Gasteiger partial charge in [-0.2, -0.15) is 0 Å². The van der Waals surface area contributed by atoms with Gasteiger partial charge in [-0.15, -0.1) is 0 Å². The van der Waals surface area contributed by atoms with E-state index in [0.29, 0.717) is 28.4 Å². The summed E-state index contributed by atoms with van der Waals surface area (Å²) in [6.45, 7) is 2.85. The van der Waals surface area contributed by atoms with Crippen LogP contribution in [0.4, 0.5) is 10.1 Å². The Morgan fingerprint density at radius 2 is 1.51 bits per heavy atom. The van der Waals surface area contributed by atoms with Gasteiger partial charge >= 0.3 is 0 Å². The highest BCUT2D eigenvalue weighted by atomic mass is 35.5. The first kappa shape index (κ1) is 27.9. The molecule has 1 aliphatic rings. The average molecular weight is 577 g/mol. The van der Waals surface area contributed by atoms with Gasteiger partial charge in [-0.25, -0.2) is 4.39 Å². The van der Waals surface area contributed by atoms with Crippen LogP contribution >= 0.6 is 11.6 Å². The number of amides is 2. The van der Waals surface area contributed by atoms with E-state index < -0.39 is 10.7 Å². The minimum absolute atomic E-state index is 0.00104. The Morgan fingerprint density at radius 1 is 0.902 bits per heavy atom. The zero-order chi connectivity index (χ0) is 29.3. The van der Waals surface area contributed by atoms with Crippen molar-refractivity contribution >= 4 is 29.1 Å². The lowest BCUT2D eigenvalue weighted by atomic mass is 10.1. The summed E-state index contributed by atoms with van der Waals surface area (Å²) in [5.41, 5.74) is 2.74. The lowest BCUT2D eigenvalue weighted by molar-refractivity contribution is -0.384. The van der Waals surface area contributed by atoms with Crippen molar-refractivity contribution < 1.29 is 23.6 Å². The molecule has 2 amide bonds. The molecule has 0 aliphatic carbocycles. The number of benzene rings is 3. The second-order valence-electron chi connectivity index (χ2n) is 9.55. The van der Waals surface area contributed by atoms with Crippen molar-refractivity contribution in [3.05, 3.63) is 111 Å². The van der Waals surface area contributed by atoms with E-state index in [9.17, 15) is 24.1 Å². The molecule has 0 bridgehead atoms. The predicted molar refractivity (Wildman–Crippen MR) is 152 cm³/mol. The van der Waals surface area contributed by atoms with E-state index in [2.05, 4.69) is 0 Å². The van der Waals surface area contributed by atoms with Gasteiger partial charge < -0.3 is 19.1 Å².